The maximum Gasteiger partial charge on any atom is 0.275 e. The van der Waals surface area contributed by atoms with Crippen LogP contribution in [0.5, 0.6) is 0 Å². The fourth-order valence-electron chi connectivity index (χ4n) is 5.52. The summed E-state index contributed by atoms with van der Waals surface area (Å²) in [6, 6.07) is 20.7. The molecule has 0 aliphatic carbocycles. The second-order valence-electron chi connectivity index (χ2n) is 12.5. The summed E-state index contributed by atoms with van der Waals surface area (Å²) in [4.78, 5) is 55.8. The first-order chi connectivity index (χ1) is 23.5. The summed E-state index contributed by atoms with van der Waals surface area (Å²) in [5.41, 5.74) is 3.40. The Morgan fingerprint density at radius 3 is 2.31 bits per heavy atom. The van der Waals surface area contributed by atoms with Gasteiger partial charge in [0.15, 0.2) is 5.78 Å². The largest absolute Gasteiger partial charge is 0.378 e. The Bertz CT molecular complexity index is 1880. The first-order valence-electron chi connectivity index (χ1n) is 16.4. The van der Waals surface area contributed by atoms with Gasteiger partial charge in [-0.25, -0.2) is 4.39 Å². The van der Waals surface area contributed by atoms with Gasteiger partial charge < -0.3 is 30.2 Å². The molecule has 3 aromatic carbocycles. The SMILES string of the molecule is CN[C@@H](C)C(=O)Nc1ccc(-c2cccc(C(=O)NCC(C)C)c2)n(Cc2cc(C(=O)c3ccc(F)cc3)cc(N3CCOCC3)c2)c1=O. The van der Waals surface area contributed by atoms with Gasteiger partial charge in [0, 0.05) is 42.0 Å². The molecule has 1 aliphatic heterocycles. The van der Waals surface area contributed by atoms with Crippen molar-refractivity contribution in [3.63, 3.8) is 0 Å². The highest BCUT2D eigenvalue weighted by atomic mass is 19.1. The number of benzene rings is 3. The zero-order chi connectivity index (χ0) is 35.1. The Morgan fingerprint density at radius 1 is 0.878 bits per heavy atom. The van der Waals surface area contributed by atoms with E-state index in [-0.39, 0.29) is 35.7 Å². The number of hydrogen-bond donors (Lipinski definition) is 3. The van der Waals surface area contributed by atoms with Crippen molar-refractivity contribution in [2.75, 3.05) is 50.1 Å². The normalized spacial score (nSPS) is 13.6. The van der Waals surface area contributed by atoms with E-state index < -0.39 is 17.4 Å². The number of rotatable bonds is 12. The standard InChI is InChI=1S/C38H42FN5O5/c1-24(2)22-41-37(47)29-7-5-6-28(20-29)34-13-12-33(42-36(46)25(3)40-4)38(48)44(34)23-26-18-30(35(45)27-8-10-31(39)11-9-27)21-32(19-26)43-14-16-49-17-15-43/h5-13,18-21,24-25,40H,14-17,22-23H2,1-4H3,(H,41,47)(H,42,46)/t25-/m0/s1. The number of pyridine rings is 1. The molecule has 3 N–H and O–H groups in total. The minimum atomic E-state index is -0.543. The summed E-state index contributed by atoms with van der Waals surface area (Å²) in [6.45, 7) is 8.59. The molecule has 1 fully saturated rings. The van der Waals surface area contributed by atoms with Crippen LogP contribution < -0.4 is 26.4 Å². The molecular weight excluding hydrogens is 625 g/mol. The third-order valence-corrected chi connectivity index (χ3v) is 8.41. The lowest BCUT2D eigenvalue weighted by Crippen LogP contribution is -2.37. The van der Waals surface area contributed by atoms with Gasteiger partial charge in [0.2, 0.25) is 5.91 Å². The van der Waals surface area contributed by atoms with Crippen molar-refractivity contribution in [3.8, 4) is 11.3 Å². The Balaban J connectivity index is 1.61. The number of carbonyl (C=O) groups excluding carboxylic acids is 3. The lowest BCUT2D eigenvalue weighted by atomic mass is 9.99. The molecular formula is C38H42FN5O5. The van der Waals surface area contributed by atoms with Gasteiger partial charge in [0.1, 0.15) is 11.5 Å². The minimum absolute atomic E-state index is 0.0467. The quantitative estimate of drug-likeness (QED) is 0.187. The molecule has 10 nitrogen and oxygen atoms in total. The molecule has 1 aliphatic rings. The van der Waals surface area contributed by atoms with E-state index in [4.69, 9.17) is 4.74 Å². The molecule has 1 saturated heterocycles. The van der Waals surface area contributed by atoms with E-state index in [9.17, 15) is 23.6 Å². The van der Waals surface area contributed by atoms with E-state index in [1.54, 1.807) is 56.4 Å². The number of nitrogens with one attached hydrogen (secondary N) is 3. The summed E-state index contributed by atoms with van der Waals surface area (Å²) >= 11 is 0. The van der Waals surface area contributed by atoms with Gasteiger partial charge >= 0.3 is 0 Å². The van der Waals surface area contributed by atoms with Crippen LogP contribution in [0.15, 0.2) is 83.7 Å². The first kappa shape index (κ1) is 35.2. The predicted molar refractivity (Wildman–Crippen MR) is 189 cm³/mol. The van der Waals surface area contributed by atoms with Gasteiger partial charge in [-0.1, -0.05) is 26.0 Å². The van der Waals surface area contributed by atoms with E-state index >= 15 is 0 Å². The minimum Gasteiger partial charge on any atom is -0.378 e. The second kappa shape index (κ2) is 15.8. The zero-order valence-electron chi connectivity index (χ0n) is 28.2. The number of ether oxygens (including phenoxy) is 1. The highest BCUT2D eigenvalue weighted by Crippen LogP contribution is 2.26. The van der Waals surface area contributed by atoms with Crippen LogP contribution in [0.25, 0.3) is 11.3 Å². The zero-order valence-corrected chi connectivity index (χ0v) is 28.2. The van der Waals surface area contributed by atoms with Crippen molar-refractivity contribution in [1.29, 1.82) is 0 Å². The van der Waals surface area contributed by atoms with Crippen LogP contribution in [-0.2, 0) is 16.1 Å². The van der Waals surface area contributed by atoms with Gasteiger partial charge in [-0.15, -0.1) is 0 Å². The van der Waals surface area contributed by atoms with E-state index in [1.165, 1.54) is 28.8 Å². The van der Waals surface area contributed by atoms with E-state index in [0.29, 0.717) is 66.4 Å². The molecule has 0 radical (unpaired) electrons. The van der Waals surface area contributed by atoms with Crippen LogP contribution in [0, 0.1) is 11.7 Å². The number of ketones is 1. The molecule has 2 amide bonds. The Morgan fingerprint density at radius 2 is 1.61 bits per heavy atom. The highest BCUT2D eigenvalue weighted by Gasteiger charge is 2.20. The third-order valence-electron chi connectivity index (χ3n) is 8.41. The van der Waals surface area contributed by atoms with Gasteiger partial charge in [0.05, 0.1) is 31.5 Å². The predicted octanol–water partition coefficient (Wildman–Crippen LogP) is 4.70. The number of morpholine rings is 1. The third kappa shape index (κ3) is 8.67. The van der Waals surface area contributed by atoms with Crippen molar-refractivity contribution in [3.05, 3.63) is 117 Å². The molecule has 0 unspecified atom stereocenters. The lowest BCUT2D eigenvalue weighted by Gasteiger charge is -2.29. The van der Waals surface area contributed by atoms with Crippen LogP contribution in [-0.4, -0.2) is 68.1 Å². The van der Waals surface area contributed by atoms with Crippen LogP contribution >= 0.6 is 0 Å². The number of hydrogen-bond acceptors (Lipinski definition) is 7. The molecule has 5 rings (SSSR count). The molecule has 2 heterocycles. The molecule has 0 bridgehead atoms. The number of amides is 2. The molecule has 0 spiro atoms. The van der Waals surface area contributed by atoms with Gasteiger partial charge in [-0.2, -0.15) is 0 Å². The molecule has 1 aromatic heterocycles. The fraction of sp³-hybridized carbons (Fsp3) is 0.316. The van der Waals surface area contributed by atoms with Gasteiger partial charge in [-0.05, 0) is 97.7 Å². The molecule has 0 saturated carbocycles. The average molecular weight is 668 g/mol. The molecule has 256 valence electrons. The van der Waals surface area contributed by atoms with Gasteiger partial charge in [-0.3, -0.25) is 19.2 Å². The monoisotopic (exact) mass is 667 g/mol. The number of anilines is 2. The van der Waals surface area contributed by atoms with Crippen molar-refractivity contribution >= 4 is 29.0 Å². The maximum absolute atomic E-state index is 14.2. The lowest BCUT2D eigenvalue weighted by molar-refractivity contribution is -0.117. The molecule has 11 heteroatoms. The summed E-state index contributed by atoms with van der Waals surface area (Å²) in [7, 11) is 1.65. The van der Waals surface area contributed by atoms with E-state index in [1.807, 2.05) is 26.0 Å². The first-order valence-corrected chi connectivity index (χ1v) is 16.4. The topological polar surface area (TPSA) is 122 Å². The number of carbonyl (C=O) groups is 3. The van der Waals surface area contributed by atoms with Crippen molar-refractivity contribution in [1.82, 2.24) is 15.2 Å². The number of halogens is 1. The Labute approximate surface area is 285 Å². The number of aromatic nitrogens is 1. The van der Waals surface area contributed by atoms with E-state index in [2.05, 4.69) is 20.9 Å². The maximum atomic E-state index is 14.2. The van der Waals surface area contributed by atoms with Gasteiger partial charge in [0.25, 0.3) is 11.5 Å². The van der Waals surface area contributed by atoms with Crippen LogP contribution in [0.3, 0.4) is 0 Å². The number of likely N-dealkylation sites (N-methyl/N-ethyl adjacent to an activating group) is 1. The van der Waals surface area contributed by atoms with Crippen molar-refractivity contribution in [2.24, 2.45) is 5.92 Å². The molecule has 1 atom stereocenters. The molecule has 4 aromatic rings. The number of nitrogens with zero attached hydrogens (tertiary/aromatic N) is 2. The fourth-order valence-corrected chi connectivity index (χ4v) is 5.52. The summed E-state index contributed by atoms with van der Waals surface area (Å²) in [5.74, 6) is -1.05. The summed E-state index contributed by atoms with van der Waals surface area (Å²) in [5, 5.41) is 8.54. The second-order valence-corrected chi connectivity index (χ2v) is 12.5. The van der Waals surface area contributed by atoms with Crippen molar-refractivity contribution in [2.45, 2.75) is 33.4 Å². The Kier molecular flexibility index (Phi) is 11.4. The van der Waals surface area contributed by atoms with Crippen LogP contribution in [0.1, 0.15) is 52.6 Å². The smallest absolute Gasteiger partial charge is 0.275 e. The van der Waals surface area contributed by atoms with Crippen LogP contribution in [0.2, 0.25) is 0 Å². The highest BCUT2D eigenvalue weighted by molar-refractivity contribution is 6.09. The summed E-state index contributed by atoms with van der Waals surface area (Å²) in [6.07, 6.45) is 0. The average Bonchev–Trinajstić information content (AvgIpc) is 3.12. The van der Waals surface area contributed by atoms with E-state index in [0.717, 1.165) is 5.69 Å². The Hall–Kier alpha value is -5.13. The summed E-state index contributed by atoms with van der Waals surface area (Å²) < 4.78 is 20.8. The van der Waals surface area contributed by atoms with Crippen molar-refractivity contribution < 1.29 is 23.5 Å². The van der Waals surface area contributed by atoms with Crippen LogP contribution in [0.4, 0.5) is 15.8 Å². The molecule has 49 heavy (non-hydrogen) atoms.